The summed E-state index contributed by atoms with van der Waals surface area (Å²) in [7, 11) is 0. The number of unbranched alkanes of at least 4 members (excludes halogenated alkanes) is 4. The highest BCUT2D eigenvalue weighted by molar-refractivity contribution is 14.1. The Morgan fingerprint density at radius 1 is 0.957 bits per heavy atom. The average molecular weight is 426 g/mol. The molecule has 23 heavy (non-hydrogen) atoms. The van der Waals surface area contributed by atoms with Crippen LogP contribution >= 0.6 is 22.6 Å². The minimum Gasteiger partial charge on any atom is -0.303 e. The summed E-state index contributed by atoms with van der Waals surface area (Å²) in [6.45, 7) is 8.16. The maximum Gasteiger partial charge on any atom is 0.200 e. The maximum absolute atomic E-state index is 5.86. The fourth-order valence-corrected chi connectivity index (χ4v) is 4.02. The van der Waals surface area contributed by atoms with Gasteiger partial charge in [0.25, 0.3) is 0 Å². The first-order valence-electron chi connectivity index (χ1n) is 9.18. The zero-order valence-electron chi connectivity index (χ0n) is 14.9. The van der Waals surface area contributed by atoms with Crippen LogP contribution in [-0.4, -0.2) is 28.2 Å². The van der Waals surface area contributed by atoms with Gasteiger partial charge in [0.15, 0.2) is 0 Å². The molecule has 0 radical (unpaired) electrons. The Bertz CT molecular complexity index is 439. The van der Waals surface area contributed by atoms with Crippen molar-refractivity contribution in [2.24, 2.45) is 0 Å². The van der Waals surface area contributed by atoms with Crippen LogP contribution in [0.3, 0.4) is 0 Å². The van der Waals surface area contributed by atoms with Gasteiger partial charge in [0, 0.05) is 29.0 Å². The molecule has 0 aromatic heterocycles. The molecule has 0 bridgehead atoms. The molecular weight excluding hydrogens is 393 g/mol. The Morgan fingerprint density at radius 3 is 2.00 bits per heavy atom. The van der Waals surface area contributed by atoms with Crippen LogP contribution in [0.1, 0.15) is 57.9 Å². The average Bonchev–Trinajstić information content (AvgIpc) is 2.59. The summed E-state index contributed by atoms with van der Waals surface area (Å²) in [6.07, 6.45) is 14.7. The molecule has 0 heterocycles. The first-order valence-corrected chi connectivity index (χ1v) is 10.4. The van der Waals surface area contributed by atoms with Crippen molar-refractivity contribution in [3.63, 3.8) is 0 Å². The van der Waals surface area contributed by atoms with Crippen molar-refractivity contribution in [3.8, 4) is 12.3 Å². The van der Waals surface area contributed by atoms with Crippen LogP contribution in [0.25, 0.3) is 0 Å². The van der Waals surface area contributed by atoms with E-state index in [4.69, 9.17) is 6.42 Å². The van der Waals surface area contributed by atoms with Gasteiger partial charge >= 0.3 is 0 Å². The van der Waals surface area contributed by atoms with Crippen LogP contribution in [0, 0.1) is 12.3 Å². The fraction of sp³-hybridized carbons (Fsp3) is 0.619. The summed E-state index contributed by atoms with van der Waals surface area (Å²) >= 11 is 2.50. The van der Waals surface area contributed by atoms with Crippen LogP contribution in [0.5, 0.6) is 0 Å². The first kappa shape index (κ1) is 20.5. The largest absolute Gasteiger partial charge is 0.303 e. The van der Waals surface area contributed by atoms with Crippen molar-refractivity contribution in [1.82, 2.24) is 0 Å². The van der Waals surface area contributed by atoms with E-state index >= 15 is 0 Å². The highest BCUT2D eigenvalue weighted by Crippen LogP contribution is 2.24. The molecule has 1 atom stereocenters. The number of hydrogen-bond donors (Lipinski definition) is 0. The standard InChI is InChI=1S/C21H33IN/c1-4-7-12-17-23(21(22)6-3,18-13-8-5-2)19-16-20-14-10-9-11-15-20/h3,9-11,14-15,21H,4-5,7-8,12-13,16-19H2,1-2H3/q+1. The van der Waals surface area contributed by atoms with Crippen molar-refractivity contribution in [1.29, 1.82) is 0 Å². The minimum atomic E-state index is 0.282. The van der Waals surface area contributed by atoms with Gasteiger partial charge in [-0.1, -0.05) is 57.0 Å². The zero-order valence-corrected chi connectivity index (χ0v) is 17.1. The molecule has 128 valence electrons. The SMILES string of the molecule is C#CC(I)[N+](CCCCC)(CCCCC)CCc1ccccc1. The number of alkyl halides is 1. The second-order valence-corrected chi connectivity index (χ2v) is 7.72. The van der Waals surface area contributed by atoms with E-state index in [0.717, 1.165) is 17.4 Å². The van der Waals surface area contributed by atoms with Gasteiger partial charge in [-0.3, -0.25) is 0 Å². The van der Waals surface area contributed by atoms with E-state index in [2.05, 4.69) is 72.7 Å². The smallest absolute Gasteiger partial charge is 0.200 e. The van der Waals surface area contributed by atoms with E-state index in [1.165, 1.54) is 57.2 Å². The molecule has 1 nitrogen and oxygen atoms in total. The molecule has 0 saturated carbocycles. The molecule has 0 aliphatic heterocycles. The molecule has 0 saturated heterocycles. The van der Waals surface area contributed by atoms with Crippen LogP contribution in [0.4, 0.5) is 0 Å². The number of rotatable bonds is 12. The van der Waals surface area contributed by atoms with Gasteiger partial charge in [-0.25, -0.2) is 0 Å². The Balaban J connectivity index is 2.82. The molecule has 1 aromatic rings. The van der Waals surface area contributed by atoms with Gasteiger partial charge in [0.2, 0.25) is 4.05 Å². The van der Waals surface area contributed by atoms with Crippen LogP contribution in [-0.2, 0) is 6.42 Å². The van der Waals surface area contributed by atoms with Gasteiger partial charge < -0.3 is 4.48 Å². The van der Waals surface area contributed by atoms with Gasteiger partial charge in [0.1, 0.15) is 0 Å². The molecule has 2 heteroatoms. The molecule has 1 unspecified atom stereocenters. The third-order valence-electron chi connectivity index (χ3n) is 4.72. The van der Waals surface area contributed by atoms with Crippen LogP contribution in [0.2, 0.25) is 0 Å². The van der Waals surface area contributed by atoms with Gasteiger partial charge in [-0.05, 0) is 37.2 Å². The normalized spacial score (nSPS) is 12.8. The second-order valence-electron chi connectivity index (χ2n) is 6.54. The topological polar surface area (TPSA) is 0 Å². The quantitative estimate of drug-likeness (QED) is 0.0987. The summed E-state index contributed by atoms with van der Waals surface area (Å²) in [6, 6.07) is 10.9. The number of hydrogen-bond acceptors (Lipinski definition) is 0. The monoisotopic (exact) mass is 426 g/mol. The number of quaternary nitrogens is 1. The molecule has 1 aromatic carbocycles. The van der Waals surface area contributed by atoms with Crippen molar-refractivity contribution in [2.45, 2.75) is 62.8 Å². The summed E-state index contributed by atoms with van der Waals surface area (Å²) in [5.41, 5.74) is 1.43. The summed E-state index contributed by atoms with van der Waals surface area (Å²) in [4.78, 5) is 0. The lowest BCUT2D eigenvalue weighted by Crippen LogP contribution is -2.54. The van der Waals surface area contributed by atoms with E-state index < -0.39 is 0 Å². The lowest BCUT2D eigenvalue weighted by Gasteiger charge is -2.41. The Kier molecular flexibility index (Phi) is 10.6. The molecule has 0 aliphatic carbocycles. The van der Waals surface area contributed by atoms with E-state index in [-0.39, 0.29) is 4.05 Å². The van der Waals surface area contributed by atoms with E-state index in [0.29, 0.717) is 0 Å². The third kappa shape index (κ3) is 7.27. The van der Waals surface area contributed by atoms with E-state index in [9.17, 15) is 0 Å². The summed E-state index contributed by atoms with van der Waals surface area (Å²) < 4.78 is 1.37. The number of benzene rings is 1. The van der Waals surface area contributed by atoms with Crippen molar-refractivity contribution < 1.29 is 4.48 Å². The number of nitrogens with zero attached hydrogens (tertiary/aromatic N) is 1. The second kappa shape index (κ2) is 11.9. The number of halogens is 1. The minimum absolute atomic E-state index is 0.282. The Morgan fingerprint density at radius 2 is 1.52 bits per heavy atom. The molecule has 0 N–H and O–H groups in total. The van der Waals surface area contributed by atoms with Crippen molar-refractivity contribution in [2.75, 3.05) is 19.6 Å². The van der Waals surface area contributed by atoms with Crippen molar-refractivity contribution >= 4 is 22.6 Å². The maximum atomic E-state index is 5.86. The molecular formula is C21H33IN+. The third-order valence-corrected chi connectivity index (χ3v) is 6.26. The number of terminal acetylenes is 1. The lowest BCUT2D eigenvalue weighted by atomic mass is 10.1. The molecule has 0 fully saturated rings. The molecule has 0 amide bonds. The molecule has 0 aliphatic rings. The van der Waals surface area contributed by atoms with Gasteiger partial charge in [-0.15, -0.1) is 6.42 Å². The van der Waals surface area contributed by atoms with Crippen LogP contribution in [0.15, 0.2) is 30.3 Å². The summed E-state index contributed by atoms with van der Waals surface area (Å²) in [5, 5.41) is 0. The Labute approximate surface area is 157 Å². The van der Waals surface area contributed by atoms with Gasteiger partial charge in [0.05, 0.1) is 19.6 Å². The highest BCUT2D eigenvalue weighted by atomic mass is 127. The van der Waals surface area contributed by atoms with Crippen molar-refractivity contribution in [3.05, 3.63) is 35.9 Å². The zero-order chi connectivity index (χ0) is 17.0. The van der Waals surface area contributed by atoms with Gasteiger partial charge in [-0.2, -0.15) is 0 Å². The van der Waals surface area contributed by atoms with E-state index in [1.54, 1.807) is 0 Å². The highest BCUT2D eigenvalue weighted by Gasteiger charge is 2.32. The predicted molar refractivity (Wildman–Crippen MR) is 111 cm³/mol. The first-order chi connectivity index (χ1) is 11.2. The Hall–Kier alpha value is -0.530. The van der Waals surface area contributed by atoms with E-state index in [1.807, 2.05) is 0 Å². The van der Waals surface area contributed by atoms with Crippen LogP contribution < -0.4 is 0 Å². The lowest BCUT2D eigenvalue weighted by molar-refractivity contribution is -0.927. The summed E-state index contributed by atoms with van der Waals surface area (Å²) in [5.74, 6) is 3.05. The molecule has 0 spiro atoms. The fourth-order valence-electron chi connectivity index (χ4n) is 3.18. The predicted octanol–water partition coefficient (Wildman–Crippen LogP) is 5.82. The molecule has 1 rings (SSSR count).